The first-order chi connectivity index (χ1) is 7.59. The van der Waals surface area contributed by atoms with Gasteiger partial charge in [-0.25, -0.2) is 0 Å². The number of rotatable bonds is 6. The fraction of sp³-hybridized carbons (Fsp3) is 0.538. The molecule has 0 saturated carbocycles. The van der Waals surface area contributed by atoms with Crippen LogP contribution in [-0.4, -0.2) is 19.2 Å². The molecule has 0 bridgehead atoms. The molecule has 1 N–H and O–H groups in total. The second kappa shape index (κ2) is 6.92. The molecule has 0 heterocycles. The van der Waals surface area contributed by atoms with Gasteiger partial charge in [0.2, 0.25) is 0 Å². The summed E-state index contributed by atoms with van der Waals surface area (Å²) in [7, 11) is 0. The Morgan fingerprint density at radius 3 is 2.38 bits per heavy atom. The average molecular weight is 286 g/mol. The van der Waals surface area contributed by atoms with Crippen molar-refractivity contribution in [2.75, 3.05) is 13.2 Å². The Morgan fingerprint density at radius 2 is 1.81 bits per heavy atom. The molecular formula is C13H20BrNO. The predicted octanol–water partition coefficient (Wildman–Crippen LogP) is 3.46. The van der Waals surface area contributed by atoms with E-state index in [1.807, 2.05) is 24.3 Å². The van der Waals surface area contributed by atoms with Crippen molar-refractivity contribution in [3.63, 3.8) is 0 Å². The minimum absolute atomic E-state index is 0.536. The smallest absolute Gasteiger partial charge is 0.119 e. The van der Waals surface area contributed by atoms with Gasteiger partial charge in [0.25, 0.3) is 0 Å². The van der Waals surface area contributed by atoms with Crippen molar-refractivity contribution in [1.29, 1.82) is 0 Å². The first-order valence-electron chi connectivity index (χ1n) is 5.71. The van der Waals surface area contributed by atoms with Crippen LogP contribution in [0.4, 0.5) is 0 Å². The van der Waals surface area contributed by atoms with Crippen molar-refractivity contribution in [3.8, 4) is 5.75 Å². The molecule has 1 aromatic rings. The van der Waals surface area contributed by atoms with E-state index in [1.165, 1.54) is 0 Å². The monoisotopic (exact) mass is 285 g/mol. The lowest BCUT2D eigenvalue weighted by Crippen LogP contribution is -2.33. The van der Waals surface area contributed by atoms with Crippen LogP contribution in [0.15, 0.2) is 28.7 Å². The van der Waals surface area contributed by atoms with Gasteiger partial charge in [0.1, 0.15) is 12.4 Å². The first-order valence-corrected chi connectivity index (χ1v) is 6.50. The maximum absolute atomic E-state index is 5.61. The topological polar surface area (TPSA) is 21.3 Å². The maximum Gasteiger partial charge on any atom is 0.119 e. The molecule has 16 heavy (non-hydrogen) atoms. The molecule has 0 spiro atoms. The van der Waals surface area contributed by atoms with Crippen LogP contribution in [0.1, 0.15) is 20.8 Å². The van der Waals surface area contributed by atoms with Crippen LogP contribution in [0.5, 0.6) is 5.75 Å². The number of halogens is 1. The third-order valence-electron chi connectivity index (χ3n) is 2.65. The Hall–Kier alpha value is -0.540. The lowest BCUT2D eigenvalue weighted by Gasteiger charge is -2.17. The minimum Gasteiger partial charge on any atom is -0.492 e. The Balaban J connectivity index is 2.18. The fourth-order valence-corrected chi connectivity index (χ4v) is 1.49. The van der Waals surface area contributed by atoms with Crippen LogP contribution < -0.4 is 10.1 Å². The normalized spacial score (nSPS) is 12.8. The van der Waals surface area contributed by atoms with E-state index in [0.29, 0.717) is 18.6 Å². The second-order valence-corrected chi connectivity index (χ2v) is 5.20. The van der Waals surface area contributed by atoms with Crippen molar-refractivity contribution >= 4 is 15.9 Å². The molecule has 2 nitrogen and oxygen atoms in total. The van der Waals surface area contributed by atoms with Crippen LogP contribution in [0.2, 0.25) is 0 Å². The zero-order chi connectivity index (χ0) is 12.0. The van der Waals surface area contributed by atoms with Gasteiger partial charge >= 0.3 is 0 Å². The Labute approximate surface area is 107 Å². The highest BCUT2D eigenvalue weighted by Crippen LogP contribution is 2.15. The highest BCUT2D eigenvalue weighted by Gasteiger charge is 2.04. The summed E-state index contributed by atoms with van der Waals surface area (Å²) in [6.45, 7) is 8.22. The van der Waals surface area contributed by atoms with Crippen LogP contribution in [0.25, 0.3) is 0 Å². The van der Waals surface area contributed by atoms with E-state index in [4.69, 9.17) is 4.74 Å². The SMILES string of the molecule is CC(C)C(C)NCCOc1ccc(Br)cc1. The van der Waals surface area contributed by atoms with Crippen LogP contribution in [-0.2, 0) is 0 Å². The molecule has 3 heteroatoms. The summed E-state index contributed by atoms with van der Waals surface area (Å²) in [6.07, 6.45) is 0. The number of hydrogen-bond acceptors (Lipinski definition) is 2. The maximum atomic E-state index is 5.61. The molecule has 0 aliphatic heterocycles. The average Bonchev–Trinajstić information content (AvgIpc) is 2.26. The van der Waals surface area contributed by atoms with Gasteiger partial charge in [0.15, 0.2) is 0 Å². The molecule has 0 aromatic heterocycles. The lowest BCUT2D eigenvalue weighted by atomic mass is 10.1. The van der Waals surface area contributed by atoms with Crippen molar-refractivity contribution < 1.29 is 4.74 Å². The van der Waals surface area contributed by atoms with Gasteiger partial charge in [-0.05, 0) is 37.1 Å². The van der Waals surface area contributed by atoms with E-state index in [2.05, 4.69) is 42.0 Å². The van der Waals surface area contributed by atoms with E-state index >= 15 is 0 Å². The van der Waals surface area contributed by atoms with E-state index < -0.39 is 0 Å². The molecule has 0 fully saturated rings. The van der Waals surface area contributed by atoms with Crippen LogP contribution in [0.3, 0.4) is 0 Å². The quantitative estimate of drug-likeness (QED) is 0.809. The number of hydrogen-bond donors (Lipinski definition) is 1. The Morgan fingerprint density at radius 1 is 1.19 bits per heavy atom. The van der Waals surface area contributed by atoms with Crippen molar-refractivity contribution in [2.45, 2.75) is 26.8 Å². The summed E-state index contributed by atoms with van der Waals surface area (Å²) in [5, 5.41) is 3.43. The largest absolute Gasteiger partial charge is 0.492 e. The zero-order valence-electron chi connectivity index (χ0n) is 10.2. The highest BCUT2D eigenvalue weighted by atomic mass is 79.9. The Kier molecular flexibility index (Phi) is 5.85. The summed E-state index contributed by atoms with van der Waals surface area (Å²) in [5.74, 6) is 1.58. The Bertz CT molecular complexity index is 297. The van der Waals surface area contributed by atoms with Gasteiger partial charge in [-0.3, -0.25) is 0 Å². The molecule has 0 radical (unpaired) electrons. The van der Waals surface area contributed by atoms with E-state index in [1.54, 1.807) is 0 Å². The molecule has 1 rings (SSSR count). The summed E-state index contributed by atoms with van der Waals surface area (Å²) < 4.78 is 6.68. The number of nitrogens with one attached hydrogen (secondary N) is 1. The minimum atomic E-state index is 0.536. The second-order valence-electron chi connectivity index (χ2n) is 4.29. The molecule has 1 aromatic carbocycles. The van der Waals surface area contributed by atoms with Gasteiger partial charge in [-0.15, -0.1) is 0 Å². The predicted molar refractivity (Wildman–Crippen MR) is 71.9 cm³/mol. The van der Waals surface area contributed by atoms with Crippen molar-refractivity contribution in [1.82, 2.24) is 5.32 Å². The lowest BCUT2D eigenvalue weighted by molar-refractivity contribution is 0.297. The van der Waals surface area contributed by atoms with Gasteiger partial charge in [-0.2, -0.15) is 0 Å². The highest BCUT2D eigenvalue weighted by molar-refractivity contribution is 9.10. The summed E-state index contributed by atoms with van der Waals surface area (Å²) in [6, 6.07) is 8.44. The number of ether oxygens (including phenoxy) is 1. The molecule has 90 valence electrons. The van der Waals surface area contributed by atoms with Crippen molar-refractivity contribution in [3.05, 3.63) is 28.7 Å². The molecule has 0 amide bonds. The molecule has 0 aliphatic rings. The van der Waals surface area contributed by atoms with Gasteiger partial charge in [-0.1, -0.05) is 29.8 Å². The third-order valence-corrected chi connectivity index (χ3v) is 3.18. The summed E-state index contributed by atoms with van der Waals surface area (Å²) >= 11 is 3.39. The van der Waals surface area contributed by atoms with E-state index in [0.717, 1.165) is 16.8 Å². The molecule has 0 saturated heterocycles. The van der Waals surface area contributed by atoms with Gasteiger partial charge in [0, 0.05) is 17.1 Å². The summed E-state index contributed by atoms with van der Waals surface area (Å²) in [5.41, 5.74) is 0. The number of benzene rings is 1. The van der Waals surface area contributed by atoms with Gasteiger partial charge < -0.3 is 10.1 Å². The van der Waals surface area contributed by atoms with Crippen LogP contribution >= 0.6 is 15.9 Å². The standard InChI is InChI=1S/C13H20BrNO/c1-10(2)11(3)15-8-9-16-13-6-4-12(14)5-7-13/h4-7,10-11,15H,8-9H2,1-3H3. The van der Waals surface area contributed by atoms with Gasteiger partial charge in [0.05, 0.1) is 0 Å². The van der Waals surface area contributed by atoms with Crippen LogP contribution in [0, 0.1) is 5.92 Å². The van der Waals surface area contributed by atoms with Crippen molar-refractivity contribution in [2.24, 2.45) is 5.92 Å². The zero-order valence-corrected chi connectivity index (χ0v) is 11.8. The fourth-order valence-electron chi connectivity index (χ4n) is 1.22. The third kappa shape index (κ3) is 4.99. The summed E-state index contributed by atoms with van der Waals surface area (Å²) in [4.78, 5) is 0. The molecule has 1 atom stereocenters. The molecular weight excluding hydrogens is 266 g/mol. The van der Waals surface area contributed by atoms with E-state index in [-0.39, 0.29) is 0 Å². The molecule has 1 unspecified atom stereocenters. The van der Waals surface area contributed by atoms with E-state index in [9.17, 15) is 0 Å². The molecule has 0 aliphatic carbocycles. The first kappa shape index (κ1) is 13.5.